The monoisotopic (exact) mass is 400 g/mol. The first kappa shape index (κ1) is 19.1. The highest BCUT2D eigenvalue weighted by Gasteiger charge is 2.55. The third-order valence-electron chi connectivity index (χ3n) is 5.74. The first-order valence-electron chi connectivity index (χ1n) is 9.62. The quantitative estimate of drug-likeness (QED) is 0.790. The number of nitrogens with one attached hydrogen (secondary N) is 1. The number of hydrogen-bond acceptors (Lipinski definition) is 5. The molecule has 2 saturated heterocycles. The Hall–Kier alpha value is -2.25. The van der Waals surface area contributed by atoms with Gasteiger partial charge in [0.05, 0.1) is 29.7 Å². The van der Waals surface area contributed by atoms with E-state index < -0.39 is 17.8 Å². The van der Waals surface area contributed by atoms with Gasteiger partial charge in [-0.2, -0.15) is 0 Å². The van der Waals surface area contributed by atoms with Crippen LogP contribution in [0.2, 0.25) is 0 Å². The Balaban J connectivity index is 1.52. The van der Waals surface area contributed by atoms with Crippen LogP contribution in [0.1, 0.15) is 43.0 Å². The van der Waals surface area contributed by atoms with Gasteiger partial charge in [0.15, 0.2) is 5.13 Å². The molecule has 28 heavy (non-hydrogen) atoms. The fraction of sp³-hybridized carbons (Fsp3) is 0.476. The summed E-state index contributed by atoms with van der Waals surface area (Å²) in [5, 5.41) is 12.8. The predicted molar refractivity (Wildman–Crippen MR) is 108 cm³/mol. The number of aliphatic carboxylic acids is 1. The summed E-state index contributed by atoms with van der Waals surface area (Å²) in [5.74, 6) is -2.24. The standard InChI is InChI=1S/C21H24N2O4S/c1-10(2)12-4-6-13(7-5-12)18-11(3)28-21(22-18)23-19(24)16-14-8-9-15(27-14)17(16)20(25)26/h4-7,10,14-17H,8-9H2,1-3H3,(H,25,26)(H,22,23,24)/t14-,15-,16-,17-/m1/s1. The van der Waals surface area contributed by atoms with E-state index in [2.05, 4.69) is 36.3 Å². The maximum atomic E-state index is 12.8. The number of carbonyl (C=O) groups is 2. The summed E-state index contributed by atoms with van der Waals surface area (Å²) in [7, 11) is 0. The highest BCUT2D eigenvalue weighted by molar-refractivity contribution is 7.16. The van der Waals surface area contributed by atoms with Gasteiger partial charge in [0.2, 0.25) is 5.91 Å². The van der Waals surface area contributed by atoms with Crippen molar-refractivity contribution in [1.82, 2.24) is 4.98 Å². The highest BCUT2D eigenvalue weighted by Crippen LogP contribution is 2.44. The van der Waals surface area contributed by atoms with Crippen LogP contribution in [0.15, 0.2) is 24.3 Å². The number of ether oxygens (including phenoxy) is 1. The van der Waals surface area contributed by atoms with Crippen LogP contribution in [-0.2, 0) is 14.3 Å². The highest BCUT2D eigenvalue weighted by atomic mass is 32.1. The lowest BCUT2D eigenvalue weighted by atomic mass is 9.79. The van der Waals surface area contributed by atoms with Crippen molar-refractivity contribution in [2.75, 3.05) is 5.32 Å². The molecule has 2 fully saturated rings. The van der Waals surface area contributed by atoms with Gasteiger partial charge in [-0.15, -0.1) is 11.3 Å². The Morgan fingerprint density at radius 3 is 2.43 bits per heavy atom. The second kappa shape index (κ2) is 7.29. The van der Waals surface area contributed by atoms with E-state index in [-0.39, 0.29) is 18.1 Å². The van der Waals surface area contributed by atoms with Crippen LogP contribution >= 0.6 is 11.3 Å². The van der Waals surface area contributed by atoms with Crippen molar-refractivity contribution in [3.05, 3.63) is 34.7 Å². The molecule has 1 aromatic heterocycles. The number of amides is 1. The number of nitrogens with zero attached hydrogens (tertiary/aromatic N) is 1. The van der Waals surface area contributed by atoms with E-state index in [0.29, 0.717) is 17.5 Å². The van der Waals surface area contributed by atoms with Crippen LogP contribution in [0.5, 0.6) is 0 Å². The van der Waals surface area contributed by atoms with Gasteiger partial charge in [-0.25, -0.2) is 4.98 Å². The first-order chi connectivity index (χ1) is 13.3. The number of anilines is 1. The maximum Gasteiger partial charge on any atom is 0.310 e. The molecule has 2 N–H and O–H groups in total. The van der Waals surface area contributed by atoms with Gasteiger partial charge in [0.1, 0.15) is 0 Å². The van der Waals surface area contributed by atoms with Crippen LogP contribution in [0.25, 0.3) is 11.3 Å². The van der Waals surface area contributed by atoms with Crippen molar-refractivity contribution in [2.45, 2.75) is 51.7 Å². The zero-order valence-corrected chi connectivity index (χ0v) is 17.0. The number of thiazole rings is 1. The Labute approximate surface area is 167 Å². The summed E-state index contributed by atoms with van der Waals surface area (Å²) < 4.78 is 5.69. The largest absolute Gasteiger partial charge is 0.481 e. The van der Waals surface area contributed by atoms with E-state index in [9.17, 15) is 14.7 Å². The number of rotatable bonds is 5. The molecule has 2 aromatic rings. The van der Waals surface area contributed by atoms with Crippen LogP contribution in [0.3, 0.4) is 0 Å². The lowest BCUT2D eigenvalue weighted by Crippen LogP contribution is -2.40. The zero-order chi connectivity index (χ0) is 20.0. The van der Waals surface area contributed by atoms with Gasteiger partial charge in [0.25, 0.3) is 0 Å². The van der Waals surface area contributed by atoms with E-state index in [0.717, 1.165) is 22.6 Å². The molecule has 2 bridgehead atoms. The van der Waals surface area contributed by atoms with E-state index in [4.69, 9.17) is 4.74 Å². The molecule has 4 atom stereocenters. The molecule has 0 spiro atoms. The molecule has 148 valence electrons. The number of carboxylic acid groups (broad SMARTS) is 1. The molecule has 7 heteroatoms. The number of aryl methyl sites for hydroxylation is 1. The summed E-state index contributed by atoms with van der Waals surface area (Å²) in [6.07, 6.45) is 0.774. The van der Waals surface area contributed by atoms with Gasteiger partial charge < -0.3 is 15.2 Å². The third kappa shape index (κ3) is 3.33. The molecule has 3 heterocycles. The van der Waals surface area contributed by atoms with Gasteiger partial charge in [-0.05, 0) is 31.2 Å². The van der Waals surface area contributed by atoms with Crippen LogP contribution in [-0.4, -0.2) is 34.2 Å². The molecule has 0 radical (unpaired) electrons. The second-order valence-corrected chi connectivity index (χ2v) is 9.07. The zero-order valence-electron chi connectivity index (χ0n) is 16.1. The average molecular weight is 401 g/mol. The van der Waals surface area contributed by atoms with E-state index >= 15 is 0 Å². The lowest BCUT2D eigenvalue weighted by Gasteiger charge is -2.23. The number of aromatic nitrogens is 1. The van der Waals surface area contributed by atoms with Crippen LogP contribution < -0.4 is 5.32 Å². The Kier molecular flexibility index (Phi) is 4.97. The molecule has 4 rings (SSSR count). The topological polar surface area (TPSA) is 88.5 Å². The SMILES string of the molecule is Cc1sc(NC(=O)[C@H]2[C@H](C(=O)O)[C@H]3CC[C@H]2O3)nc1-c1ccc(C(C)C)cc1. The Morgan fingerprint density at radius 1 is 1.18 bits per heavy atom. The normalized spacial score (nSPS) is 26.0. The van der Waals surface area contributed by atoms with E-state index in [1.807, 2.05) is 19.1 Å². The van der Waals surface area contributed by atoms with Gasteiger partial charge in [-0.3, -0.25) is 9.59 Å². The summed E-state index contributed by atoms with van der Waals surface area (Å²) in [6.45, 7) is 6.28. The number of fused-ring (bicyclic) bond motifs is 2. The predicted octanol–water partition coefficient (Wildman–Crippen LogP) is 4.06. The molecule has 2 aliphatic rings. The summed E-state index contributed by atoms with van der Waals surface area (Å²) >= 11 is 1.41. The fourth-order valence-corrected chi connectivity index (χ4v) is 5.10. The molecule has 0 saturated carbocycles. The molecule has 1 amide bonds. The van der Waals surface area contributed by atoms with Crippen molar-refractivity contribution in [1.29, 1.82) is 0 Å². The third-order valence-corrected chi connectivity index (χ3v) is 6.62. The molecule has 6 nitrogen and oxygen atoms in total. The Bertz CT molecular complexity index is 906. The maximum absolute atomic E-state index is 12.8. The molecule has 1 aromatic carbocycles. The van der Waals surface area contributed by atoms with Gasteiger partial charge in [-0.1, -0.05) is 38.1 Å². The van der Waals surface area contributed by atoms with Gasteiger partial charge in [0, 0.05) is 10.4 Å². The Morgan fingerprint density at radius 2 is 1.82 bits per heavy atom. The molecule has 0 aliphatic carbocycles. The molecule has 0 unspecified atom stereocenters. The molecular weight excluding hydrogens is 376 g/mol. The van der Waals surface area contributed by atoms with E-state index in [1.54, 1.807) is 0 Å². The fourth-order valence-electron chi connectivity index (χ4n) is 4.26. The van der Waals surface area contributed by atoms with Crippen LogP contribution in [0.4, 0.5) is 5.13 Å². The van der Waals surface area contributed by atoms with E-state index in [1.165, 1.54) is 16.9 Å². The van der Waals surface area contributed by atoms with Crippen molar-refractivity contribution in [3.8, 4) is 11.3 Å². The van der Waals surface area contributed by atoms with Crippen molar-refractivity contribution in [3.63, 3.8) is 0 Å². The van der Waals surface area contributed by atoms with Crippen molar-refractivity contribution >= 4 is 28.3 Å². The van der Waals surface area contributed by atoms with Crippen LogP contribution in [0, 0.1) is 18.8 Å². The van der Waals surface area contributed by atoms with Crippen molar-refractivity contribution < 1.29 is 19.4 Å². The molecular formula is C21H24N2O4S. The first-order valence-corrected chi connectivity index (χ1v) is 10.4. The number of carboxylic acids is 1. The smallest absolute Gasteiger partial charge is 0.310 e. The second-order valence-electron chi connectivity index (χ2n) is 7.87. The minimum atomic E-state index is -0.964. The number of carbonyl (C=O) groups excluding carboxylic acids is 1. The molecule has 2 aliphatic heterocycles. The number of benzene rings is 1. The summed E-state index contributed by atoms with van der Waals surface area (Å²) in [5.41, 5.74) is 3.11. The number of hydrogen-bond donors (Lipinski definition) is 2. The van der Waals surface area contributed by atoms with Gasteiger partial charge >= 0.3 is 5.97 Å². The van der Waals surface area contributed by atoms with Crippen molar-refractivity contribution in [2.24, 2.45) is 11.8 Å². The lowest BCUT2D eigenvalue weighted by molar-refractivity contribution is -0.147. The minimum Gasteiger partial charge on any atom is -0.481 e. The summed E-state index contributed by atoms with van der Waals surface area (Å²) in [4.78, 5) is 30.0. The average Bonchev–Trinajstić information content (AvgIpc) is 3.35. The summed E-state index contributed by atoms with van der Waals surface area (Å²) in [6, 6.07) is 8.29. The minimum absolute atomic E-state index is 0.310.